The van der Waals surface area contributed by atoms with Gasteiger partial charge in [0, 0.05) is 11.1 Å². The predicted molar refractivity (Wildman–Crippen MR) is 107 cm³/mol. The third-order valence-electron chi connectivity index (χ3n) is 5.09. The second-order valence-corrected chi connectivity index (χ2v) is 8.42. The Morgan fingerprint density at radius 1 is 1.33 bits per heavy atom. The average molecular weight is 409 g/mol. The number of aromatic nitrogens is 3. The molecule has 27 heavy (non-hydrogen) atoms. The largest absolute Gasteiger partial charge is 0.486 e. The average Bonchev–Trinajstić information content (AvgIpc) is 3.11. The zero-order valence-electron chi connectivity index (χ0n) is 15.6. The van der Waals surface area contributed by atoms with Crippen LogP contribution < -0.4 is 10.1 Å². The summed E-state index contributed by atoms with van der Waals surface area (Å²) in [7, 11) is 0. The molecule has 1 aliphatic carbocycles. The fraction of sp³-hybridized carbons (Fsp3) is 0.526. The monoisotopic (exact) mass is 408 g/mol. The van der Waals surface area contributed by atoms with Crippen molar-refractivity contribution in [2.45, 2.75) is 50.9 Å². The van der Waals surface area contributed by atoms with Gasteiger partial charge in [-0.15, -0.1) is 5.10 Å². The van der Waals surface area contributed by atoms with Crippen LogP contribution in [-0.4, -0.2) is 32.9 Å². The standard InChI is InChI=1S/C19H25ClN4O2S/c1-12-4-3-5-16(13(12)2)21-18(25)11-27-19-22-17(23-24-19)10-26-15-8-6-14(20)7-9-15/h6-9,12-13,16H,3-5,10-11H2,1-2H3,(H,21,25)(H,22,23,24)/t12-,13+,16-/m1/s1. The topological polar surface area (TPSA) is 79.9 Å². The number of nitrogens with one attached hydrogen (secondary N) is 2. The Bertz CT molecular complexity index is 752. The van der Waals surface area contributed by atoms with Crippen molar-refractivity contribution in [2.24, 2.45) is 11.8 Å². The van der Waals surface area contributed by atoms with Crippen LogP contribution in [-0.2, 0) is 11.4 Å². The molecule has 0 spiro atoms. The van der Waals surface area contributed by atoms with E-state index in [2.05, 4.69) is 34.3 Å². The molecule has 2 N–H and O–H groups in total. The van der Waals surface area contributed by atoms with Gasteiger partial charge in [0.1, 0.15) is 12.4 Å². The maximum absolute atomic E-state index is 12.2. The second kappa shape index (κ2) is 9.46. The minimum atomic E-state index is 0.0368. The summed E-state index contributed by atoms with van der Waals surface area (Å²) in [4.78, 5) is 16.6. The van der Waals surface area contributed by atoms with Gasteiger partial charge in [0.15, 0.2) is 5.82 Å². The number of aromatic amines is 1. The van der Waals surface area contributed by atoms with Crippen LogP contribution in [0.2, 0.25) is 5.02 Å². The molecule has 0 aliphatic heterocycles. The molecule has 3 rings (SSSR count). The first-order valence-corrected chi connectivity index (χ1v) is 10.6. The Balaban J connectivity index is 1.42. The van der Waals surface area contributed by atoms with Gasteiger partial charge in [-0.1, -0.05) is 50.1 Å². The molecule has 1 aromatic heterocycles. The Hall–Kier alpha value is -1.73. The lowest BCUT2D eigenvalue weighted by Gasteiger charge is -2.34. The highest BCUT2D eigenvalue weighted by Gasteiger charge is 2.28. The van der Waals surface area contributed by atoms with Gasteiger partial charge in [0.25, 0.3) is 0 Å². The third-order valence-corrected chi connectivity index (χ3v) is 6.19. The number of nitrogens with zero attached hydrogens (tertiary/aromatic N) is 2. The Morgan fingerprint density at radius 2 is 2.11 bits per heavy atom. The van der Waals surface area contributed by atoms with Crippen LogP contribution in [0.3, 0.4) is 0 Å². The molecule has 1 aromatic carbocycles. The summed E-state index contributed by atoms with van der Waals surface area (Å²) < 4.78 is 5.63. The number of carbonyl (C=O) groups is 1. The van der Waals surface area contributed by atoms with Gasteiger partial charge < -0.3 is 10.1 Å². The number of amides is 1. The summed E-state index contributed by atoms with van der Waals surface area (Å²) in [6, 6.07) is 7.41. The highest BCUT2D eigenvalue weighted by molar-refractivity contribution is 7.99. The minimum Gasteiger partial charge on any atom is -0.486 e. The molecular formula is C19H25ClN4O2S. The quantitative estimate of drug-likeness (QED) is 0.675. The molecule has 1 fully saturated rings. The molecule has 1 saturated carbocycles. The van der Waals surface area contributed by atoms with E-state index in [0.717, 1.165) is 6.42 Å². The first-order chi connectivity index (χ1) is 13.0. The van der Waals surface area contributed by atoms with Gasteiger partial charge in [-0.25, -0.2) is 4.98 Å². The maximum Gasteiger partial charge on any atom is 0.230 e. The van der Waals surface area contributed by atoms with E-state index in [1.165, 1.54) is 24.6 Å². The Morgan fingerprint density at radius 3 is 2.89 bits per heavy atom. The van der Waals surface area contributed by atoms with Crippen LogP contribution in [0.1, 0.15) is 38.9 Å². The number of benzene rings is 1. The second-order valence-electron chi connectivity index (χ2n) is 7.04. The molecule has 0 saturated heterocycles. The number of rotatable bonds is 7. The van der Waals surface area contributed by atoms with Crippen molar-refractivity contribution in [3.05, 3.63) is 35.1 Å². The van der Waals surface area contributed by atoms with Crippen LogP contribution in [0.25, 0.3) is 0 Å². The highest BCUT2D eigenvalue weighted by atomic mass is 35.5. The lowest BCUT2D eigenvalue weighted by atomic mass is 9.78. The number of ether oxygens (including phenoxy) is 1. The lowest BCUT2D eigenvalue weighted by Crippen LogP contribution is -2.44. The van der Waals surface area contributed by atoms with E-state index in [1.54, 1.807) is 24.3 Å². The summed E-state index contributed by atoms with van der Waals surface area (Å²) in [5, 5.41) is 11.4. The first-order valence-electron chi connectivity index (χ1n) is 9.23. The molecular weight excluding hydrogens is 384 g/mol. The van der Waals surface area contributed by atoms with Crippen LogP contribution in [0.15, 0.2) is 29.4 Å². The summed E-state index contributed by atoms with van der Waals surface area (Å²) in [5.74, 6) is 2.85. The fourth-order valence-corrected chi connectivity index (χ4v) is 4.01. The summed E-state index contributed by atoms with van der Waals surface area (Å²) in [6.45, 7) is 4.77. The summed E-state index contributed by atoms with van der Waals surface area (Å²) >= 11 is 7.17. The molecule has 1 heterocycles. The van der Waals surface area contributed by atoms with Gasteiger partial charge in [0.2, 0.25) is 11.1 Å². The number of thioether (sulfide) groups is 1. The predicted octanol–water partition coefficient (Wildman–Crippen LogP) is 4.07. The van der Waals surface area contributed by atoms with Crippen molar-refractivity contribution in [2.75, 3.05) is 5.75 Å². The van der Waals surface area contributed by atoms with Crippen molar-refractivity contribution in [3.8, 4) is 5.75 Å². The molecule has 0 radical (unpaired) electrons. The number of H-pyrrole nitrogens is 1. The molecule has 146 valence electrons. The van der Waals surface area contributed by atoms with Crippen LogP contribution >= 0.6 is 23.4 Å². The molecule has 0 unspecified atom stereocenters. The first kappa shape index (κ1) is 20.0. The van der Waals surface area contributed by atoms with Crippen molar-refractivity contribution in [3.63, 3.8) is 0 Å². The van der Waals surface area contributed by atoms with Crippen molar-refractivity contribution < 1.29 is 9.53 Å². The molecule has 0 bridgehead atoms. The molecule has 6 nitrogen and oxygen atoms in total. The van der Waals surface area contributed by atoms with Crippen molar-refractivity contribution in [1.82, 2.24) is 20.5 Å². The van der Waals surface area contributed by atoms with E-state index in [-0.39, 0.29) is 18.6 Å². The Labute approximate surface area is 168 Å². The lowest BCUT2D eigenvalue weighted by molar-refractivity contribution is -0.120. The SMILES string of the molecule is C[C@H]1[C@H](C)CCC[C@H]1NC(=O)CSc1n[nH]c(COc2ccc(Cl)cc2)n1. The van der Waals surface area contributed by atoms with Gasteiger partial charge in [0.05, 0.1) is 5.75 Å². The van der Waals surface area contributed by atoms with E-state index in [9.17, 15) is 4.79 Å². The molecule has 1 amide bonds. The van der Waals surface area contributed by atoms with E-state index >= 15 is 0 Å². The van der Waals surface area contributed by atoms with Gasteiger partial charge in [-0.05, 0) is 42.5 Å². The van der Waals surface area contributed by atoms with Crippen molar-refractivity contribution >= 4 is 29.3 Å². The zero-order valence-corrected chi connectivity index (χ0v) is 17.1. The van der Waals surface area contributed by atoms with Gasteiger partial charge in [-0.2, -0.15) is 0 Å². The number of hydrogen-bond acceptors (Lipinski definition) is 5. The van der Waals surface area contributed by atoms with E-state index in [0.29, 0.717) is 39.3 Å². The van der Waals surface area contributed by atoms with Gasteiger partial charge in [-0.3, -0.25) is 9.89 Å². The molecule has 1 aliphatic rings. The van der Waals surface area contributed by atoms with E-state index in [1.807, 2.05) is 0 Å². The number of hydrogen-bond donors (Lipinski definition) is 2. The molecule has 3 atom stereocenters. The maximum atomic E-state index is 12.2. The molecule has 2 aromatic rings. The smallest absolute Gasteiger partial charge is 0.230 e. The number of carbonyl (C=O) groups excluding carboxylic acids is 1. The van der Waals surface area contributed by atoms with Crippen LogP contribution in [0.5, 0.6) is 5.75 Å². The summed E-state index contributed by atoms with van der Waals surface area (Å²) in [5.41, 5.74) is 0. The van der Waals surface area contributed by atoms with Crippen LogP contribution in [0.4, 0.5) is 0 Å². The van der Waals surface area contributed by atoms with E-state index < -0.39 is 0 Å². The minimum absolute atomic E-state index is 0.0368. The van der Waals surface area contributed by atoms with Crippen molar-refractivity contribution in [1.29, 1.82) is 0 Å². The normalized spacial score (nSPS) is 22.4. The third kappa shape index (κ3) is 5.87. The highest BCUT2D eigenvalue weighted by Crippen LogP contribution is 2.29. The summed E-state index contributed by atoms with van der Waals surface area (Å²) in [6.07, 6.45) is 3.50. The van der Waals surface area contributed by atoms with Gasteiger partial charge >= 0.3 is 0 Å². The fourth-order valence-electron chi connectivity index (χ4n) is 3.25. The van der Waals surface area contributed by atoms with E-state index in [4.69, 9.17) is 16.3 Å². The molecule has 8 heteroatoms. The number of halogens is 1. The Kier molecular flexibility index (Phi) is 7.01. The van der Waals surface area contributed by atoms with Crippen LogP contribution in [0, 0.1) is 11.8 Å². The zero-order chi connectivity index (χ0) is 19.2.